The van der Waals surface area contributed by atoms with Crippen LogP contribution in [-0.4, -0.2) is 29.2 Å². The van der Waals surface area contributed by atoms with Crippen LogP contribution in [0.4, 0.5) is 0 Å². The molecule has 0 atom stereocenters. The highest BCUT2D eigenvalue weighted by atomic mass is 35.5. The van der Waals surface area contributed by atoms with Gasteiger partial charge in [0, 0.05) is 11.5 Å². The fourth-order valence-corrected chi connectivity index (χ4v) is 2.17. The third-order valence-corrected chi connectivity index (χ3v) is 3.13. The van der Waals surface area contributed by atoms with E-state index in [0.717, 1.165) is 16.4 Å². The van der Waals surface area contributed by atoms with Gasteiger partial charge in [-0.05, 0) is 6.07 Å². The lowest BCUT2D eigenvalue weighted by molar-refractivity contribution is 0.356. The molecule has 3 rings (SSSR count). The molecule has 0 radical (unpaired) electrons. The summed E-state index contributed by atoms with van der Waals surface area (Å²) in [4.78, 5) is 11.4. The van der Waals surface area contributed by atoms with Gasteiger partial charge in [0.05, 0.1) is 19.7 Å². The summed E-state index contributed by atoms with van der Waals surface area (Å²) in [6, 6.07) is 3.72. The highest BCUT2D eigenvalue weighted by Gasteiger charge is 2.13. The molecule has 3 aromatic rings. The predicted octanol–water partition coefficient (Wildman–Crippen LogP) is 3.20. The summed E-state index contributed by atoms with van der Waals surface area (Å²) in [5.74, 6) is 1.31. The summed E-state index contributed by atoms with van der Waals surface area (Å²) < 4.78 is 10.5. The zero-order valence-electron chi connectivity index (χ0n) is 10.2. The average Bonchev–Trinajstić information content (AvgIpc) is 2.76. The number of aromatic amines is 1. The third-order valence-electron chi connectivity index (χ3n) is 2.84. The Hall–Kier alpha value is -1.72. The Morgan fingerprint density at radius 2 is 1.79 bits per heavy atom. The van der Waals surface area contributed by atoms with Gasteiger partial charge in [-0.25, -0.2) is 9.97 Å². The fourth-order valence-electron chi connectivity index (χ4n) is 1.99. The molecule has 0 saturated carbocycles. The second-order valence-corrected chi connectivity index (χ2v) is 4.12. The minimum Gasteiger partial charge on any atom is -0.493 e. The Bertz CT molecular complexity index is 742. The number of aromatic nitrogens is 3. The van der Waals surface area contributed by atoms with Crippen molar-refractivity contribution in [3.8, 4) is 11.5 Å². The number of hydrogen-bond acceptors (Lipinski definition) is 4. The van der Waals surface area contributed by atoms with Gasteiger partial charge in [0.25, 0.3) is 0 Å². The van der Waals surface area contributed by atoms with E-state index in [1.807, 2.05) is 12.1 Å². The van der Waals surface area contributed by atoms with Crippen LogP contribution in [0.1, 0.15) is 0 Å². The number of nitrogens with zero attached hydrogens (tertiary/aromatic N) is 2. The van der Waals surface area contributed by atoms with Crippen molar-refractivity contribution in [2.75, 3.05) is 14.2 Å². The van der Waals surface area contributed by atoms with E-state index < -0.39 is 0 Å². The molecule has 100 valence electrons. The number of fused-ring (bicyclic) bond motifs is 3. The maximum Gasteiger partial charge on any atom is 0.162 e. The zero-order chi connectivity index (χ0) is 12.7. The molecule has 7 heteroatoms. The zero-order valence-corrected chi connectivity index (χ0v) is 11.8. The van der Waals surface area contributed by atoms with Crippen LogP contribution in [0.3, 0.4) is 0 Å². The Morgan fingerprint density at radius 3 is 2.47 bits per heavy atom. The number of rotatable bonds is 2. The van der Waals surface area contributed by atoms with Crippen LogP contribution in [0.25, 0.3) is 21.9 Å². The van der Waals surface area contributed by atoms with Gasteiger partial charge in [-0.3, -0.25) is 0 Å². The smallest absolute Gasteiger partial charge is 0.162 e. The van der Waals surface area contributed by atoms with E-state index in [-0.39, 0.29) is 12.4 Å². The molecule has 0 bridgehead atoms. The molecule has 0 fully saturated rings. The molecule has 0 aliphatic heterocycles. The van der Waals surface area contributed by atoms with E-state index in [9.17, 15) is 0 Å². The first-order valence-corrected chi connectivity index (χ1v) is 5.66. The van der Waals surface area contributed by atoms with Crippen LogP contribution in [0, 0.1) is 0 Å². The number of halogens is 2. The predicted molar refractivity (Wildman–Crippen MR) is 76.8 cm³/mol. The molecule has 5 nitrogen and oxygen atoms in total. The first kappa shape index (κ1) is 13.7. The average molecular weight is 300 g/mol. The number of H-pyrrole nitrogens is 1. The molecule has 0 unspecified atom stereocenters. The van der Waals surface area contributed by atoms with Gasteiger partial charge >= 0.3 is 0 Å². The molecular weight excluding hydrogens is 289 g/mol. The molecule has 0 saturated heterocycles. The summed E-state index contributed by atoms with van der Waals surface area (Å²) in [5, 5.41) is 1.32. The van der Waals surface area contributed by atoms with Crippen LogP contribution in [0.2, 0.25) is 5.15 Å². The standard InChI is InChI=1S/C12H10ClN3O2.ClH/c1-17-8-3-6-7(4-9(8)18-2)16-11-10(6)14-5-15-12(11)13;/h3-5,16H,1-2H3;1H. The molecule has 1 aromatic carbocycles. The summed E-state index contributed by atoms with van der Waals surface area (Å²) in [7, 11) is 3.19. The third kappa shape index (κ3) is 2.05. The number of methoxy groups -OCH3 is 2. The van der Waals surface area contributed by atoms with Gasteiger partial charge in [0.2, 0.25) is 0 Å². The summed E-state index contributed by atoms with van der Waals surface area (Å²) >= 11 is 6.03. The van der Waals surface area contributed by atoms with Gasteiger partial charge in [-0.2, -0.15) is 0 Å². The summed E-state index contributed by atoms with van der Waals surface area (Å²) in [6.07, 6.45) is 1.44. The lowest BCUT2D eigenvalue weighted by Gasteiger charge is -2.06. The van der Waals surface area contributed by atoms with Crippen LogP contribution in [0.15, 0.2) is 18.5 Å². The first-order valence-electron chi connectivity index (χ1n) is 5.28. The van der Waals surface area contributed by atoms with Gasteiger partial charge in [0.15, 0.2) is 16.7 Å². The Kier molecular flexibility index (Phi) is 3.68. The van der Waals surface area contributed by atoms with Gasteiger partial charge in [0.1, 0.15) is 17.4 Å². The maximum absolute atomic E-state index is 6.03. The second-order valence-electron chi connectivity index (χ2n) is 3.77. The van der Waals surface area contributed by atoms with E-state index in [1.165, 1.54) is 6.33 Å². The highest BCUT2D eigenvalue weighted by molar-refractivity contribution is 6.34. The molecule has 2 aromatic heterocycles. The fraction of sp³-hybridized carbons (Fsp3) is 0.167. The maximum atomic E-state index is 6.03. The molecule has 0 aliphatic rings. The van der Waals surface area contributed by atoms with E-state index in [2.05, 4.69) is 15.0 Å². The topological polar surface area (TPSA) is 60.0 Å². The van der Waals surface area contributed by atoms with E-state index in [0.29, 0.717) is 22.2 Å². The normalized spacial score (nSPS) is 10.5. The van der Waals surface area contributed by atoms with E-state index in [1.54, 1.807) is 14.2 Å². The van der Waals surface area contributed by atoms with Gasteiger partial charge in [-0.1, -0.05) is 11.6 Å². The van der Waals surface area contributed by atoms with Crippen molar-refractivity contribution in [3.63, 3.8) is 0 Å². The summed E-state index contributed by atoms with van der Waals surface area (Å²) in [6.45, 7) is 0. The monoisotopic (exact) mass is 299 g/mol. The molecule has 19 heavy (non-hydrogen) atoms. The van der Waals surface area contributed by atoms with Crippen molar-refractivity contribution in [2.45, 2.75) is 0 Å². The molecule has 0 amide bonds. The quantitative estimate of drug-likeness (QED) is 0.738. The van der Waals surface area contributed by atoms with Crippen molar-refractivity contribution in [1.29, 1.82) is 0 Å². The van der Waals surface area contributed by atoms with Crippen molar-refractivity contribution in [2.24, 2.45) is 0 Å². The molecule has 2 heterocycles. The van der Waals surface area contributed by atoms with Crippen LogP contribution >= 0.6 is 24.0 Å². The Labute approximate surface area is 120 Å². The van der Waals surface area contributed by atoms with Crippen molar-refractivity contribution >= 4 is 45.9 Å². The SMILES string of the molecule is COc1cc2[nH]c3c(Cl)ncnc3c2cc1OC.Cl. The molecular formula is C12H11Cl2N3O2. The second kappa shape index (κ2) is 5.11. The largest absolute Gasteiger partial charge is 0.493 e. The van der Waals surface area contributed by atoms with Crippen molar-refractivity contribution in [1.82, 2.24) is 15.0 Å². The van der Waals surface area contributed by atoms with E-state index >= 15 is 0 Å². The lowest BCUT2D eigenvalue weighted by Crippen LogP contribution is -1.89. The number of benzene rings is 1. The highest BCUT2D eigenvalue weighted by Crippen LogP contribution is 2.35. The molecule has 1 N–H and O–H groups in total. The van der Waals surface area contributed by atoms with Crippen LogP contribution in [-0.2, 0) is 0 Å². The first-order chi connectivity index (χ1) is 8.74. The minimum absolute atomic E-state index is 0. The van der Waals surface area contributed by atoms with Gasteiger partial charge in [-0.15, -0.1) is 12.4 Å². The van der Waals surface area contributed by atoms with Crippen LogP contribution < -0.4 is 9.47 Å². The van der Waals surface area contributed by atoms with E-state index in [4.69, 9.17) is 21.1 Å². The molecule has 0 aliphatic carbocycles. The van der Waals surface area contributed by atoms with Crippen LogP contribution in [0.5, 0.6) is 11.5 Å². The molecule has 0 spiro atoms. The number of hydrogen-bond donors (Lipinski definition) is 1. The van der Waals surface area contributed by atoms with Crippen molar-refractivity contribution in [3.05, 3.63) is 23.6 Å². The minimum atomic E-state index is 0. The number of nitrogens with one attached hydrogen (secondary N) is 1. The Balaban J connectivity index is 0.00000133. The Morgan fingerprint density at radius 1 is 1.11 bits per heavy atom. The van der Waals surface area contributed by atoms with Gasteiger partial charge < -0.3 is 14.5 Å². The van der Waals surface area contributed by atoms with Crippen molar-refractivity contribution < 1.29 is 9.47 Å². The summed E-state index contributed by atoms with van der Waals surface area (Å²) in [5.41, 5.74) is 2.36. The lowest BCUT2D eigenvalue weighted by atomic mass is 10.2. The number of ether oxygens (including phenoxy) is 2.